The molecule has 20 heavy (non-hydrogen) atoms. The highest BCUT2D eigenvalue weighted by Crippen LogP contribution is 2.30. The maximum Gasteiger partial charge on any atom is 0.233 e. The molecule has 2 aromatic rings. The van der Waals surface area contributed by atoms with Crippen LogP contribution in [0.15, 0.2) is 17.4 Å². The fraction of sp³-hybridized carbons (Fsp3) is 0.462. The van der Waals surface area contributed by atoms with Crippen LogP contribution in [0.4, 0.5) is 0 Å². The summed E-state index contributed by atoms with van der Waals surface area (Å²) in [4.78, 5) is 24.9. The number of hydrogen-bond donors (Lipinski definition) is 1. The van der Waals surface area contributed by atoms with Gasteiger partial charge in [-0.2, -0.15) is 0 Å². The van der Waals surface area contributed by atoms with Crippen LogP contribution < -0.4 is 5.32 Å². The standard InChI is InChI=1S/C13H16N4OS2/c1-9-6-10-12(15-8-16-13(10)20-9)19-7-11(18)17-4-2-14-3-5-17/h6,8,14H,2-5,7H2,1H3. The maximum atomic E-state index is 12.1. The molecule has 0 bridgehead atoms. The zero-order valence-electron chi connectivity index (χ0n) is 11.3. The molecule has 0 atom stereocenters. The van der Waals surface area contributed by atoms with Gasteiger partial charge < -0.3 is 10.2 Å². The molecular formula is C13H16N4OS2. The van der Waals surface area contributed by atoms with Crippen molar-refractivity contribution in [3.63, 3.8) is 0 Å². The predicted molar refractivity (Wildman–Crippen MR) is 82.3 cm³/mol. The van der Waals surface area contributed by atoms with Crippen molar-refractivity contribution in [2.75, 3.05) is 31.9 Å². The summed E-state index contributed by atoms with van der Waals surface area (Å²) in [6.45, 7) is 5.44. The van der Waals surface area contributed by atoms with Crippen molar-refractivity contribution >= 4 is 39.2 Å². The fourth-order valence-electron chi connectivity index (χ4n) is 2.20. The number of hydrogen-bond acceptors (Lipinski definition) is 6. The van der Waals surface area contributed by atoms with E-state index in [1.165, 1.54) is 16.6 Å². The predicted octanol–water partition coefficient (Wildman–Crippen LogP) is 1.52. The molecule has 1 aliphatic rings. The molecule has 0 spiro atoms. The van der Waals surface area contributed by atoms with Gasteiger partial charge in [0.15, 0.2) is 0 Å². The highest BCUT2D eigenvalue weighted by atomic mass is 32.2. The lowest BCUT2D eigenvalue weighted by Crippen LogP contribution is -2.47. The number of amides is 1. The van der Waals surface area contributed by atoms with Crippen LogP contribution in [0.5, 0.6) is 0 Å². The Morgan fingerprint density at radius 2 is 2.25 bits per heavy atom. The Labute approximate surface area is 125 Å². The summed E-state index contributed by atoms with van der Waals surface area (Å²) in [6.07, 6.45) is 1.58. The lowest BCUT2D eigenvalue weighted by molar-refractivity contribution is -0.128. The van der Waals surface area contributed by atoms with Gasteiger partial charge in [-0.3, -0.25) is 4.79 Å². The molecule has 0 radical (unpaired) electrons. The Hall–Kier alpha value is -1.18. The van der Waals surface area contributed by atoms with Crippen molar-refractivity contribution in [3.05, 3.63) is 17.3 Å². The van der Waals surface area contributed by atoms with Crippen LogP contribution in [0.1, 0.15) is 4.88 Å². The Balaban J connectivity index is 1.68. The van der Waals surface area contributed by atoms with Crippen molar-refractivity contribution in [3.8, 4) is 0 Å². The number of carbonyl (C=O) groups excluding carboxylic acids is 1. The molecule has 1 amide bonds. The molecule has 3 rings (SSSR count). The zero-order valence-corrected chi connectivity index (χ0v) is 12.9. The van der Waals surface area contributed by atoms with Gasteiger partial charge in [-0.15, -0.1) is 11.3 Å². The minimum absolute atomic E-state index is 0.190. The number of thioether (sulfide) groups is 1. The van der Waals surface area contributed by atoms with Gasteiger partial charge in [0.05, 0.1) is 5.75 Å². The van der Waals surface area contributed by atoms with Gasteiger partial charge in [0.1, 0.15) is 16.2 Å². The van der Waals surface area contributed by atoms with Gasteiger partial charge >= 0.3 is 0 Å². The summed E-state index contributed by atoms with van der Waals surface area (Å²) < 4.78 is 0. The van der Waals surface area contributed by atoms with Gasteiger partial charge in [-0.05, 0) is 13.0 Å². The molecule has 2 aromatic heterocycles. The lowest BCUT2D eigenvalue weighted by atomic mass is 10.3. The van der Waals surface area contributed by atoms with Gasteiger partial charge in [0, 0.05) is 36.4 Å². The number of carbonyl (C=O) groups is 1. The third-order valence-corrected chi connectivity index (χ3v) is 5.17. The van der Waals surface area contributed by atoms with Gasteiger partial charge in [-0.1, -0.05) is 11.8 Å². The van der Waals surface area contributed by atoms with Gasteiger partial charge in [-0.25, -0.2) is 9.97 Å². The van der Waals surface area contributed by atoms with E-state index in [1.807, 2.05) is 4.90 Å². The second kappa shape index (κ2) is 6.07. The van der Waals surface area contributed by atoms with E-state index in [2.05, 4.69) is 28.3 Å². The van der Waals surface area contributed by atoms with E-state index < -0.39 is 0 Å². The molecule has 1 saturated heterocycles. The smallest absolute Gasteiger partial charge is 0.233 e. The Morgan fingerprint density at radius 1 is 1.45 bits per heavy atom. The average molecular weight is 308 g/mol. The first kappa shape index (κ1) is 13.8. The Morgan fingerprint density at radius 3 is 3.05 bits per heavy atom. The second-order valence-electron chi connectivity index (χ2n) is 4.67. The van der Waals surface area contributed by atoms with E-state index in [4.69, 9.17) is 0 Å². The SMILES string of the molecule is Cc1cc2c(SCC(=O)N3CCNCC3)ncnc2s1. The number of nitrogens with zero attached hydrogens (tertiary/aromatic N) is 3. The molecule has 3 heterocycles. The van der Waals surface area contributed by atoms with Crippen LogP contribution >= 0.6 is 23.1 Å². The Kier molecular flexibility index (Phi) is 4.18. The third-order valence-electron chi connectivity index (χ3n) is 3.22. The first-order valence-electron chi connectivity index (χ1n) is 6.56. The molecule has 0 aliphatic carbocycles. The monoisotopic (exact) mass is 308 g/mol. The van der Waals surface area contributed by atoms with Crippen molar-refractivity contribution in [2.24, 2.45) is 0 Å². The highest BCUT2D eigenvalue weighted by molar-refractivity contribution is 8.00. The van der Waals surface area contributed by atoms with Crippen molar-refractivity contribution < 1.29 is 4.79 Å². The first-order chi connectivity index (χ1) is 9.74. The van der Waals surface area contributed by atoms with E-state index in [-0.39, 0.29) is 5.91 Å². The molecule has 0 saturated carbocycles. The minimum Gasteiger partial charge on any atom is -0.339 e. The summed E-state index contributed by atoms with van der Waals surface area (Å²) in [5.41, 5.74) is 0. The van der Waals surface area contributed by atoms with Crippen molar-refractivity contribution in [1.29, 1.82) is 0 Å². The molecule has 5 nitrogen and oxygen atoms in total. The van der Waals surface area contributed by atoms with Crippen LogP contribution in [0.3, 0.4) is 0 Å². The third kappa shape index (κ3) is 2.94. The summed E-state index contributed by atoms with van der Waals surface area (Å²) in [6, 6.07) is 2.09. The van der Waals surface area contributed by atoms with Crippen LogP contribution in [0, 0.1) is 6.92 Å². The number of nitrogens with one attached hydrogen (secondary N) is 1. The summed E-state index contributed by atoms with van der Waals surface area (Å²) in [7, 11) is 0. The van der Waals surface area contributed by atoms with E-state index in [1.54, 1.807) is 17.7 Å². The molecular weight excluding hydrogens is 292 g/mol. The summed E-state index contributed by atoms with van der Waals surface area (Å²) in [5.74, 6) is 0.635. The number of aryl methyl sites for hydroxylation is 1. The molecule has 0 unspecified atom stereocenters. The normalized spacial score (nSPS) is 15.8. The molecule has 1 fully saturated rings. The van der Waals surface area contributed by atoms with Crippen LogP contribution in [0.25, 0.3) is 10.2 Å². The molecule has 1 aliphatic heterocycles. The molecule has 106 valence electrons. The maximum absolute atomic E-state index is 12.1. The quantitative estimate of drug-likeness (QED) is 0.688. The zero-order chi connectivity index (χ0) is 13.9. The highest BCUT2D eigenvalue weighted by Gasteiger charge is 2.17. The van der Waals surface area contributed by atoms with Gasteiger partial charge in [0.25, 0.3) is 0 Å². The van der Waals surface area contributed by atoms with Crippen molar-refractivity contribution in [2.45, 2.75) is 11.9 Å². The number of aromatic nitrogens is 2. The van der Waals surface area contributed by atoms with Crippen LogP contribution in [0.2, 0.25) is 0 Å². The molecule has 7 heteroatoms. The van der Waals surface area contributed by atoms with Crippen LogP contribution in [-0.4, -0.2) is 52.7 Å². The van der Waals surface area contributed by atoms with E-state index in [0.29, 0.717) is 5.75 Å². The first-order valence-corrected chi connectivity index (χ1v) is 8.36. The average Bonchev–Trinajstić information content (AvgIpc) is 2.86. The number of piperazine rings is 1. The van der Waals surface area contributed by atoms with Gasteiger partial charge in [0.2, 0.25) is 5.91 Å². The Bertz CT molecular complexity index is 622. The number of rotatable bonds is 3. The van der Waals surface area contributed by atoms with E-state index in [9.17, 15) is 4.79 Å². The summed E-state index contributed by atoms with van der Waals surface area (Å²) >= 11 is 3.17. The second-order valence-corrected chi connectivity index (χ2v) is 6.87. The summed E-state index contributed by atoms with van der Waals surface area (Å²) in [5, 5.41) is 5.22. The van der Waals surface area contributed by atoms with E-state index >= 15 is 0 Å². The lowest BCUT2D eigenvalue weighted by Gasteiger charge is -2.27. The van der Waals surface area contributed by atoms with Crippen molar-refractivity contribution in [1.82, 2.24) is 20.2 Å². The minimum atomic E-state index is 0.190. The fourth-order valence-corrected chi connectivity index (χ4v) is 3.99. The molecule has 0 aromatic carbocycles. The number of thiophene rings is 1. The largest absolute Gasteiger partial charge is 0.339 e. The topological polar surface area (TPSA) is 58.1 Å². The van der Waals surface area contributed by atoms with E-state index in [0.717, 1.165) is 41.4 Å². The molecule has 1 N–H and O–H groups in total. The van der Waals surface area contributed by atoms with Crippen LogP contribution in [-0.2, 0) is 4.79 Å². The number of fused-ring (bicyclic) bond motifs is 1.